The van der Waals surface area contributed by atoms with Crippen LogP contribution in [0.2, 0.25) is 0 Å². The smallest absolute Gasteiger partial charge is 0.290 e. The van der Waals surface area contributed by atoms with E-state index in [9.17, 15) is 4.79 Å². The predicted molar refractivity (Wildman–Crippen MR) is 84.5 cm³/mol. The molecule has 0 saturated heterocycles. The van der Waals surface area contributed by atoms with Gasteiger partial charge in [-0.05, 0) is 19.1 Å². The van der Waals surface area contributed by atoms with Crippen LogP contribution in [0, 0.1) is 0 Å². The van der Waals surface area contributed by atoms with Gasteiger partial charge in [-0.3, -0.25) is 10.6 Å². The minimum Gasteiger partial charge on any atom is -0.290 e. The Hall–Kier alpha value is -1.69. The van der Waals surface area contributed by atoms with Crippen molar-refractivity contribution in [1.82, 2.24) is 9.78 Å². The number of hydrogen-bond donors (Lipinski definition) is 1. The average Bonchev–Trinajstić information content (AvgIpc) is 2.82. The lowest BCUT2D eigenvalue weighted by atomic mass is 10.1. The molecule has 1 aromatic heterocycles. The number of nitrogens with two attached hydrogens (primary N) is 1. The summed E-state index contributed by atoms with van der Waals surface area (Å²) in [5, 5.41) is 4.49. The predicted octanol–water partition coefficient (Wildman–Crippen LogP) is 2.22. The van der Waals surface area contributed by atoms with Crippen molar-refractivity contribution in [1.29, 1.82) is 0 Å². The van der Waals surface area contributed by atoms with Crippen molar-refractivity contribution < 1.29 is 9.47 Å². The third kappa shape index (κ3) is 3.00. The van der Waals surface area contributed by atoms with Gasteiger partial charge < -0.3 is 0 Å². The zero-order valence-corrected chi connectivity index (χ0v) is 14.1. The van der Waals surface area contributed by atoms with Crippen LogP contribution >= 0.6 is 15.9 Å². The summed E-state index contributed by atoms with van der Waals surface area (Å²) in [5.74, 6) is 7.70. The maximum atomic E-state index is 12.6. The number of carbonyl (C=O) groups is 1. The summed E-state index contributed by atoms with van der Waals surface area (Å²) in [7, 11) is 0. The summed E-state index contributed by atoms with van der Waals surface area (Å²) in [6.07, 6.45) is 1.46. The van der Waals surface area contributed by atoms with E-state index in [1.165, 1.54) is 0 Å². The molecule has 0 aliphatic heterocycles. The van der Waals surface area contributed by atoms with E-state index < -0.39 is 0 Å². The molecule has 2 aromatic rings. The highest BCUT2D eigenvalue weighted by Gasteiger charge is 2.30. The first-order chi connectivity index (χ1) is 9.99. The summed E-state index contributed by atoms with van der Waals surface area (Å²) in [6, 6.07) is 6.98. The lowest BCUT2D eigenvalue weighted by molar-refractivity contribution is -0.655. The minimum absolute atomic E-state index is 0.0305. The van der Waals surface area contributed by atoms with Crippen molar-refractivity contribution in [2.45, 2.75) is 39.7 Å². The van der Waals surface area contributed by atoms with E-state index in [0.717, 1.165) is 29.0 Å². The molecule has 1 aromatic carbocycles. The van der Waals surface area contributed by atoms with Gasteiger partial charge in [0.2, 0.25) is 5.78 Å². The SMILES string of the molecule is CCc1nn(C(C)C(=O)c2ccc(Br)cc2)c(CC)[n+]1N. The molecule has 1 atom stereocenters. The number of ketones is 1. The summed E-state index contributed by atoms with van der Waals surface area (Å²) < 4.78 is 4.28. The van der Waals surface area contributed by atoms with Gasteiger partial charge in [-0.2, -0.15) is 0 Å². The summed E-state index contributed by atoms with van der Waals surface area (Å²) in [4.78, 5) is 12.6. The second kappa shape index (κ2) is 6.39. The normalized spacial score (nSPS) is 12.4. The lowest BCUT2D eigenvalue weighted by Crippen LogP contribution is -2.50. The number of halogens is 1. The largest absolute Gasteiger partial charge is 0.298 e. The van der Waals surface area contributed by atoms with Crippen molar-refractivity contribution in [3.63, 3.8) is 0 Å². The first-order valence-corrected chi connectivity index (χ1v) is 7.86. The maximum Gasteiger partial charge on any atom is 0.298 e. The molecule has 0 spiro atoms. The number of rotatable bonds is 5. The van der Waals surface area contributed by atoms with Crippen LogP contribution in [-0.2, 0) is 12.8 Å². The maximum absolute atomic E-state index is 12.6. The molecule has 1 unspecified atom stereocenters. The van der Waals surface area contributed by atoms with E-state index in [4.69, 9.17) is 5.84 Å². The molecule has 112 valence electrons. The fourth-order valence-electron chi connectivity index (χ4n) is 2.34. The molecule has 0 fully saturated rings. The molecule has 0 amide bonds. The number of aromatic nitrogens is 3. The quantitative estimate of drug-likeness (QED) is 0.510. The molecular formula is C15H20BrN4O+. The number of carbonyl (C=O) groups excluding carboxylic acids is 1. The fraction of sp³-hybridized carbons (Fsp3) is 0.400. The molecule has 1 heterocycles. The standard InChI is InChI=1S/C15H20BrN4O/c1-4-13-18-20(14(5-2)19(13)17)10(3)15(21)11-6-8-12(16)9-7-11/h6-10H,4-5,17H2,1-3H3/q+1. The van der Waals surface area contributed by atoms with E-state index in [0.29, 0.717) is 5.56 Å². The second-order valence-electron chi connectivity index (χ2n) is 4.90. The Kier molecular flexibility index (Phi) is 4.77. The molecule has 2 rings (SSSR count). The van der Waals surface area contributed by atoms with Gasteiger partial charge in [-0.25, -0.2) is 0 Å². The van der Waals surface area contributed by atoms with E-state index >= 15 is 0 Å². The van der Waals surface area contributed by atoms with E-state index in [-0.39, 0.29) is 11.8 Å². The van der Waals surface area contributed by atoms with Crippen LogP contribution in [0.4, 0.5) is 0 Å². The Morgan fingerprint density at radius 2 is 1.95 bits per heavy atom. The highest BCUT2D eigenvalue weighted by molar-refractivity contribution is 9.10. The minimum atomic E-state index is -0.378. The number of Topliss-reactive ketones (excluding diaryl/α,β-unsaturated/α-hetero) is 1. The highest BCUT2D eigenvalue weighted by atomic mass is 79.9. The average molecular weight is 352 g/mol. The van der Waals surface area contributed by atoms with Crippen molar-refractivity contribution in [2.24, 2.45) is 0 Å². The molecule has 0 radical (unpaired) electrons. The van der Waals surface area contributed by atoms with Gasteiger partial charge in [0.05, 0.1) is 0 Å². The summed E-state index contributed by atoms with van der Waals surface area (Å²) >= 11 is 3.37. The van der Waals surface area contributed by atoms with Crippen LogP contribution < -0.4 is 10.5 Å². The van der Waals surface area contributed by atoms with Gasteiger partial charge >= 0.3 is 0 Å². The Labute approximate surface area is 132 Å². The summed E-state index contributed by atoms with van der Waals surface area (Å²) in [6.45, 7) is 5.86. The Morgan fingerprint density at radius 3 is 2.48 bits per heavy atom. The van der Waals surface area contributed by atoms with Gasteiger partial charge in [0.1, 0.15) is 0 Å². The molecule has 6 heteroatoms. The summed E-state index contributed by atoms with van der Waals surface area (Å²) in [5.41, 5.74) is 0.671. The fourth-order valence-corrected chi connectivity index (χ4v) is 2.60. The monoisotopic (exact) mass is 351 g/mol. The van der Waals surface area contributed by atoms with Gasteiger partial charge in [0, 0.05) is 28.0 Å². The first-order valence-electron chi connectivity index (χ1n) is 7.06. The number of nitrogens with zero attached hydrogens (tertiary/aromatic N) is 3. The van der Waals surface area contributed by atoms with Crippen LogP contribution in [0.1, 0.15) is 48.8 Å². The Balaban J connectivity index is 2.37. The van der Waals surface area contributed by atoms with Gasteiger partial charge in [0.25, 0.3) is 11.6 Å². The van der Waals surface area contributed by atoms with Gasteiger partial charge in [-0.15, -0.1) is 4.68 Å². The zero-order valence-electron chi connectivity index (χ0n) is 12.5. The Morgan fingerprint density at radius 1 is 1.33 bits per heavy atom. The van der Waals surface area contributed by atoms with E-state index in [1.54, 1.807) is 9.36 Å². The highest BCUT2D eigenvalue weighted by Crippen LogP contribution is 2.17. The zero-order chi connectivity index (χ0) is 15.6. The molecule has 21 heavy (non-hydrogen) atoms. The van der Waals surface area contributed by atoms with Crippen molar-refractivity contribution in [2.75, 3.05) is 5.84 Å². The molecule has 0 aliphatic carbocycles. The van der Waals surface area contributed by atoms with Crippen molar-refractivity contribution >= 4 is 21.7 Å². The van der Waals surface area contributed by atoms with Crippen LogP contribution in [0.25, 0.3) is 0 Å². The second-order valence-corrected chi connectivity index (χ2v) is 5.82. The van der Waals surface area contributed by atoms with Crippen LogP contribution in [0.3, 0.4) is 0 Å². The number of hydrogen-bond acceptors (Lipinski definition) is 3. The van der Waals surface area contributed by atoms with Crippen LogP contribution in [-0.4, -0.2) is 15.6 Å². The molecule has 0 aliphatic rings. The molecule has 0 saturated carbocycles. The van der Waals surface area contributed by atoms with Crippen molar-refractivity contribution in [3.8, 4) is 0 Å². The number of aryl methyl sites for hydroxylation is 1. The Bertz CT molecular complexity index is 648. The third-order valence-corrected chi connectivity index (χ3v) is 4.08. The van der Waals surface area contributed by atoms with E-state index in [1.807, 2.05) is 45.0 Å². The lowest BCUT2D eigenvalue weighted by Gasteiger charge is -2.07. The van der Waals surface area contributed by atoms with Crippen molar-refractivity contribution in [3.05, 3.63) is 46.0 Å². The topological polar surface area (TPSA) is 64.8 Å². The number of benzene rings is 1. The van der Waals surface area contributed by atoms with Gasteiger partial charge in [-0.1, -0.05) is 46.6 Å². The van der Waals surface area contributed by atoms with Crippen LogP contribution in [0.5, 0.6) is 0 Å². The first kappa shape index (κ1) is 15.7. The molecule has 5 nitrogen and oxygen atoms in total. The van der Waals surface area contributed by atoms with Crippen LogP contribution in [0.15, 0.2) is 28.7 Å². The van der Waals surface area contributed by atoms with E-state index in [2.05, 4.69) is 21.0 Å². The number of nitrogen functional groups attached to an aromatic ring is 1. The molecular weight excluding hydrogens is 332 g/mol. The molecule has 2 N–H and O–H groups in total. The van der Waals surface area contributed by atoms with Gasteiger partial charge in [0.15, 0.2) is 6.04 Å². The molecule has 0 bridgehead atoms. The third-order valence-electron chi connectivity index (χ3n) is 3.55.